The number of rotatable bonds is 7. The van der Waals surface area contributed by atoms with Gasteiger partial charge in [0.05, 0.1) is 5.75 Å². The molecular formula is C30H30ClN3O2S. The molecule has 2 saturated heterocycles. The maximum Gasteiger partial charge on any atom is 0.253 e. The van der Waals surface area contributed by atoms with Gasteiger partial charge in [-0.15, -0.1) is 11.8 Å². The fourth-order valence-corrected chi connectivity index (χ4v) is 6.01. The number of carbonyl (C=O) groups is 2. The van der Waals surface area contributed by atoms with Crippen LogP contribution >= 0.6 is 23.4 Å². The summed E-state index contributed by atoms with van der Waals surface area (Å²) in [5.74, 6) is 0.657. The van der Waals surface area contributed by atoms with Crippen molar-refractivity contribution in [3.63, 3.8) is 0 Å². The first kappa shape index (κ1) is 25.6. The summed E-state index contributed by atoms with van der Waals surface area (Å²) in [7, 11) is 0. The molecule has 0 spiro atoms. The lowest BCUT2D eigenvalue weighted by atomic mass is 10.1. The molecule has 2 fully saturated rings. The monoisotopic (exact) mass is 531 g/mol. The standard InChI is InChI=1S/C30H30ClN3O2S/c31-27-14-8-24(9-15-27)21-34-28(35)22-37-30(34)26-12-10-25(11-13-26)29(36)33-19-17-32(18-20-33)16-4-7-23-5-2-1-3-6-23/h1-15,30H,16-22H2/b7-4+/t30-/m1/s1. The molecule has 2 aliphatic rings. The fourth-order valence-electron chi connectivity index (χ4n) is 4.70. The summed E-state index contributed by atoms with van der Waals surface area (Å²) < 4.78 is 0. The van der Waals surface area contributed by atoms with Crippen molar-refractivity contribution in [3.05, 3.63) is 112 Å². The van der Waals surface area contributed by atoms with E-state index in [-0.39, 0.29) is 17.2 Å². The Morgan fingerprint density at radius 3 is 2.32 bits per heavy atom. The van der Waals surface area contributed by atoms with Crippen molar-refractivity contribution in [1.82, 2.24) is 14.7 Å². The van der Waals surface area contributed by atoms with E-state index in [1.54, 1.807) is 11.8 Å². The average molecular weight is 532 g/mol. The van der Waals surface area contributed by atoms with Crippen molar-refractivity contribution in [1.29, 1.82) is 0 Å². The minimum atomic E-state index is -0.0557. The van der Waals surface area contributed by atoms with Crippen LogP contribution in [-0.4, -0.2) is 65.0 Å². The second kappa shape index (κ2) is 12.0. The Balaban J connectivity index is 1.15. The van der Waals surface area contributed by atoms with Crippen molar-refractivity contribution in [2.45, 2.75) is 11.9 Å². The van der Waals surface area contributed by atoms with Crippen LogP contribution in [0, 0.1) is 0 Å². The lowest BCUT2D eigenvalue weighted by molar-refractivity contribution is -0.128. The Hall–Kier alpha value is -3.06. The average Bonchev–Trinajstić information content (AvgIpc) is 3.30. The van der Waals surface area contributed by atoms with E-state index < -0.39 is 0 Å². The molecule has 0 aliphatic carbocycles. The highest BCUT2D eigenvalue weighted by Crippen LogP contribution is 2.39. The van der Waals surface area contributed by atoms with E-state index in [0.717, 1.165) is 43.9 Å². The van der Waals surface area contributed by atoms with Crippen molar-refractivity contribution in [3.8, 4) is 0 Å². The van der Waals surface area contributed by atoms with Gasteiger partial charge in [-0.1, -0.05) is 78.4 Å². The first-order chi connectivity index (χ1) is 18.1. The Bertz CT molecular complexity index is 1240. The normalized spacial score (nSPS) is 18.6. The van der Waals surface area contributed by atoms with Crippen LogP contribution in [0.2, 0.25) is 5.02 Å². The SMILES string of the molecule is O=C(c1ccc([C@H]2SCC(=O)N2Cc2ccc(Cl)cc2)cc1)N1CCN(C/C=C/c2ccccc2)CC1. The molecule has 5 nitrogen and oxygen atoms in total. The number of amides is 2. The predicted molar refractivity (Wildman–Crippen MR) is 151 cm³/mol. The predicted octanol–water partition coefficient (Wildman–Crippen LogP) is 5.59. The molecule has 1 atom stereocenters. The van der Waals surface area contributed by atoms with Crippen LogP contribution in [0.1, 0.15) is 32.4 Å². The van der Waals surface area contributed by atoms with E-state index in [4.69, 9.17) is 11.6 Å². The molecule has 2 aliphatic heterocycles. The topological polar surface area (TPSA) is 43.9 Å². The second-order valence-corrected chi connectivity index (χ2v) is 10.8. The summed E-state index contributed by atoms with van der Waals surface area (Å²) in [6.45, 7) is 4.60. The Morgan fingerprint density at radius 2 is 1.62 bits per heavy atom. The van der Waals surface area contributed by atoms with Gasteiger partial charge in [0.1, 0.15) is 5.37 Å². The highest BCUT2D eigenvalue weighted by molar-refractivity contribution is 8.00. The van der Waals surface area contributed by atoms with E-state index in [1.165, 1.54) is 5.56 Å². The van der Waals surface area contributed by atoms with Gasteiger partial charge in [-0.2, -0.15) is 0 Å². The van der Waals surface area contributed by atoms with Gasteiger partial charge in [0.15, 0.2) is 0 Å². The van der Waals surface area contributed by atoms with Crippen molar-refractivity contribution >= 4 is 41.3 Å². The maximum absolute atomic E-state index is 13.1. The largest absolute Gasteiger partial charge is 0.336 e. The number of hydrogen-bond donors (Lipinski definition) is 0. The summed E-state index contributed by atoms with van der Waals surface area (Å²) in [6, 6.07) is 25.7. The summed E-state index contributed by atoms with van der Waals surface area (Å²) in [5, 5.41) is 0.629. The first-order valence-corrected chi connectivity index (χ1v) is 14.0. The molecule has 0 saturated carbocycles. The van der Waals surface area contributed by atoms with Crippen molar-refractivity contribution in [2.24, 2.45) is 0 Å². The zero-order valence-corrected chi connectivity index (χ0v) is 22.2. The van der Waals surface area contributed by atoms with E-state index >= 15 is 0 Å². The van der Waals surface area contributed by atoms with Gasteiger partial charge in [0.25, 0.3) is 5.91 Å². The minimum Gasteiger partial charge on any atom is -0.336 e. The van der Waals surface area contributed by atoms with Crippen LogP contribution in [0.25, 0.3) is 6.08 Å². The molecule has 2 amide bonds. The molecule has 3 aromatic rings. The molecule has 0 N–H and O–H groups in total. The van der Waals surface area contributed by atoms with Gasteiger partial charge in [0, 0.05) is 49.9 Å². The van der Waals surface area contributed by atoms with Crippen LogP contribution in [-0.2, 0) is 11.3 Å². The van der Waals surface area contributed by atoms with Crippen molar-refractivity contribution in [2.75, 3.05) is 38.5 Å². The molecule has 190 valence electrons. The van der Waals surface area contributed by atoms with Gasteiger partial charge < -0.3 is 9.80 Å². The van der Waals surface area contributed by atoms with Crippen molar-refractivity contribution < 1.29 is 9.59 Å². The molecule has 2 heterocycles. The zero-order chi connectivity index (χ0) is 25.6. The summed E-state index contributed by atoms with van der Waals surface area (Å²) in [4.78, 5) is 31.9. The Labute approximate surface area is 227 Å². The summed E-state index contributed by atoms with van der Waals surface area (Å²) >= 11 is 7.63. The van der Waals surface area contributed by atoms with Crippen LogP contribution in [0.3, 0.4) is 0 Å². The molecule has 5 rings (SSSR count). The number of carbonyl (C=O) groups excluding carboxylic acids is 2. The molecule has 7 heteroatoms. The van der Waals surface area contributed by atoms with E-state index in [0.29, 0.717) is 22.9 Å². The number of hydrogen-bond acceptors (Lipinski definition) is 4. The fraction of sp³-hybridized carbons (Fsp3) is 0.267. The quantitative estimate of drug-likeness (QED) is 0.399. The lowest BCUT2D eigenvalue weighted by Crippen LogP contribution is -2.48. The molecule has 37 heavy (non-hydrogen) atoms. The molecule has 0 radical (unpaired) electrons. The van der Waals surface area contributed by atoms with Crippen LogP contribution in [0.5, 0.6) is 0 Å². The number of halogens is 1. The Morgan fingerprint density at radius 1 is 0.919 bits per heavy atom. The second-order valence-electron chi connectivity index (χ2n) is 9.34. The lowest BCUT2D eigenvalue weighted by Gasteiger charge is -2.34. The molecule has 3 aromatic carbocycles. The zero-order valence-electron chi connectivity index (χ0n) is 20.6. The van der Waals surface area contributed by atoms with Gasteiger partial charge in [0.2, 0.25) is 5.91 Å². The molecular weight excluding hydrogens is 502 g/mol. The molecule has 0 unspecified atom stereocenters. The highest BCUT2D eigenvalue weighted by atomic mass is 35.5. The van der Waals surface area contributed by atoms with E-state index in [9.17, 15) is 9.59 Å². The van der Waals surface area contributed by atoms with Gasteiger partial charge >= 0.3 is 0 Å². The number of benzene rings is 3. The summed E-state index contributed by atoms with van der Waals surface area (Å²) in [5.41, 5.74) is 3.98. The van der Waals surface area contributed by atoms with Gasteiger partial charge in [-0.05, 0) is 41.0 Å². The van der Waals surface area contributed by atoms with Crippen LogP contribution in [0.4, 0.5) is 0 Å². The smallest absolute Gasteiger partial charge is 0.253 e. The minimum absolute atomic E-state index is 0.0557. The number of piperazine rings is 1. The maximum atomic E-state index is 13.1. The van der Waals surface area contributed by atoms with Crippen LogP contribution < -0.4 is 0 Å². The van der Waals surface area contributed by atoms with E-state index in [2.05, 4.69) is 29.2 Å². The number of thioether (sulfide) groups is 1. The molecule has 0 aromatic heterocycles. The van der Waals surface area contributed by atoms with Crippen LogP contribution in [0.15, 0.2) is 84.9 Å². The third-order valence-electron chi connectivity index (χ3n) is 6.81. The van der Waals surface area contributed by atoms with Gasteiger partial charge in [-0.3, -0.25) is 14.5 Å². The van der Waals surface area contributed by atoms with E-state index in [1.807, 2.05) is 76.5 Å². The number of nitrogens with zero attached hydrogens (tertiary/aromatic N) is 3. The highest BCUT2D eigenvalue weighted by Gasteiger charge is 2.33. The molecule has 0 bridgehead atoms. The third-order valence-corrected chi connectivity index (χ3v) is 8.32. The first-order valence-electron chi connectivity index (χ1n) is 12.6. The Kier molecular flexibility index (Phi) is 8.29. The third kappa shape index (κ3) is 6.45. The summed E-state index contributed by atoms with van der Waals surface area (Å²) in [6.07, 6.45) is 4.33. The van der Waals surface area contributed by atoms with Gasteiger partial charge in [-0.25, -0.2) is 0 Å².